The fourth-order valence-electron chi connectivity index (χ4n) is 4.09. The summed E-state index contributed by atoms with van der Waals surface area (Å²) in [5, 5.41) is 24.3. The highest BCUT2D eigenvalue weighted by Gasteiger charge is 2.29. The van der Waals surface area contributed by atoms with Gasteiger partial charge in [-0.1, -0.05) is 12.1 Å². The molecule has 0 spiro atoms. The lowest BCUT2D eigenvalue weighted by molar-refractivity contribution is 0.119. The summed E-state index contributed by atoms with van der Waals surface area (Å²) >= 11 is 0. The van der Waals surface area contributed by atoms with Gasteiger partial charge in [0.05, 0.1) is 17.1 Å². The summed E-state index contributed by atoms with van der Waals surface area (Å²) in [5.41, 5.74) is 2.64. The minimum absolute atomic E-state index is 0.0391. The number of aromatic hydroxyl groups is 1. The Balaban J connectivity index is 1.48. The van der Waals surface area contributed by atoms with E-state index in [0.717, 1.165) is 16.6 Å². The number of H-pyrrole nitrogens is 1. The van der Waals surface area contributed by atoms with E-state index in [1.165, 1.54) is 18.2 Å². The third kappa shape index (κ3) is 3.43. The maximum atomic E-state index is 13.4. The Morgan fingerprint density at radius 1 is 1.36 bits per heavy atom. The Labute approximate surface area is 161 Å². The first kappa shape index (κ1) is 18.7. The van der Waals surface area contributed by atoms with Gasteiger partial charge in [-0.2, -0.15) is 0 Å². The number of aromatic nitrogens is 2. The Hall–Kier alpha value is -2.64. The second kappa shape index (κ2) is 7.41. The SMILES string of the molecule is CC(CCc1cc(F)ccc1O)N[C@@H]1CCn2c(=O)[nH]c3cccc(c32)[C@H]1O. The van der Waals surface area contributed by atoms with Crippen molar-refractivity contribution in [1.29, 1.82) is 0 Å². The second-order valence-corrected chi connectivity index (χ2v) is 7.54. The Bertz CT molecular complexity index is 1060. The topological polar surface area (TPSA) is 90.3 Å². The molecule has 0 amide bonds. The summed E-state index contributed by atoms with van der Waals surface area (Å²) in [6.45, 7) is 2.52. The van der Waals surface area contributed by atoms with Crippen LogP contribution in [-0.4, -0.2) is 31.8 Å². The van der Waals surface area contributed by atoms with Crippen molar-refractivity contribution < 1.29 is 14.6 Å². The summed E-state index contributed by atoms with van der Waals surface area (Å²) in [4.78, 5) is 15.0. The van der Waals surface area contributed by atoms with Crippen LogP contribution in [0.3, 0.4) is 0 Å². The van der Waals surface area contributed by atoms with Gasteiger partial charge in [0.15, 0.2) is 0 Å². The van der Waals surface area contributed by atoms with Gasteiger partial charge in [0.2, 0.25) is 0 Å². The molecule has 2 heterocycles. The zero-order valence-corrected chi connectivity index (χ0v) is 15.7. The van der Waals surface area contributed by atoms with Crippen LogP contribution in [0.5, 0.6) is 5.75 Å². The van der Waals surface area contributed by atoms with Crippen molar-refractivity contribution in [3.8, 4) is 5.75 Å². The summed E-state index contributed by atoms with van der Waals surface area (Å²) < 4.78 is 15.1. The first-order valence-corrected chi connectivity index (χ1v) is 9.57. The number of phenols is 1. The van der Waals surface area contributed by atoms with Gasteiger partial charge in [0, 0.05) is 24.2 Å². The molecule has 0 bridgehead atoms. The molecule has 3 atom stereocenters. The van der Waals surface area contributed by atoms with Crippen LogP contribution in [0.25, 0.3) is 11.0 Å². The van der Waals surface area contributed by atoms with E-state index in [-0.39, 0.29) is 29.3 Å². The first-order valence-electron chi connectivity index (χ1n) is 9.57. The molecule has 28 heavy (non-hydrogen) atoms. The van der Waals surface area contributed by atoms with Crippen molar-refractivity contribution in [2.24, 2.45) is 0 Å². The van der Waals surface area contributed by atoms with Crippen LogP contribution in [-0.2, 0) is 13.0 Å². The van der Waals surface area contributed by atoms with Crippen molar-refractivity contribution >= 4 is 11.0 Å². The van der Waals surface area contributed by atoms with E-state index in [4.69, 9.17) is 0 Å². The second-order valence-electron chi connectivity index (χ2n) is 7.54. The molecule has 4 N–H and O–H groups in total. The van der Waals surface area contributed by atoms with Crippen molar-refractivity contribution in [3.05, 3.63) is 63.8 Å². The highest BCUT2D eigenvalue weighted by Crippen LogP contribution is 2.30. The third-order valence-corrected chi connectivity index (χ3v) is 5.57. The predicted molar refractivity (Wildman–Crippen MR) is 105 cm³/mol. The van der Waals surface area contributed by atoms with Gasteiger partial charge >= 0.3 is 5.69 Å². The molecule has 0 saturated heterocycles. The molecule has 1 aliphatic heterocycles. The maximum Gasteiger partial charge on any atom is 0.326 e. The van der Waals surface area contributed by atoms with E-state index in [1.54, 1.807) is 4.57 Å². The molecule has 7 heteroatoms. The molecule has 1 unspecified atom stereocenters. The molecule has 3 aromatic rings. The zero-order chi connectivity index (χ0) is 19.8. The van der Waals surface area contributed by atoms with Gasteiger partial charge in [-0.05, 0) is 56.0 Å². The van der Waals surface area contributed by atoms with Crippen LogP contribution in [0, 0.1) is 5.82 Å². The molecule has 4 rings (SSSR count). The van der Waals surface area contributed by atoms with Gasteiger partial charge in [0.25, 0.3) is 0 Å². The number of imidazole rings is 1. The number of rotatable bonds is 5. The van der Waals surface area contributed by atoms with E-state index < -0.39 is 6.10 Å². The van der Waals surface area contributed by atoms with Gasteiger partial charge in [-0.15, -0.1) is 0 Å². The lowest BCUT2D eigenvalue weighted by atomic mass is 9.98. The van der Waals surface area contributed by atoms with Crippen molar-refractivity contribution in [2.45, 2.75) is 50.9 Å². The Morgan fingerprint density at radius 3 is 3.00 bits per heavy atom. The molecule has 0 radical (unpaired) electrons. The Morgan fingerprint density at radius 2 is 2.18 bits per heavy atom. The largest absolute Gasteiger partial charge is 0.508 e. The number of benzene rings is 2. The highest BCUT2D eigenvalue weighted by atomic mass is 19.1. The summed E-state index contributed by atoms with van der Waals surface area (Å²) in [7, 11) is 0. The van der Waals surface area contributed by atoms with Crippen molar-refractivity contribution in [1.82, 2.24) is 14.9 Å². The van der Waals surface area contributed by atoms with Crippen molar-refractivity contribution in [3.63, 3.8) is 0 Å². The molecule has 6 nitrogen and oxygen atoms in total. The zero-order valence-electron chi connectivity index (χ0n) is 15.7. The number of hydrogen-bond acceptors (Lipinski definition) is 4. The van der Waals surface area contributed by atoms with Gasteiger partial charge < -0.3 is 20.5 Å². The van der Waals surface area contributed by atoms with Crippen molar-refractivity contribution in [2.75, 3.05) is 0 Å². The van der Waals surface area contributed by atoms with Crippen LogP contribution in [0.2, 0.25) is 0 Å². The van der Waals surface area contributed by atoms with E-state index in [0.29, 0.717) is 31.4 Å². The van der Waals surface area contributed by atoms with E-state index in [9.17, 15) is 19.4 Å². The van der Waals surface area contributed by atoms with E-state index in [1.807, 2.05) is 25.1 Å². The van der Waals surface area contributed by atoms with Gasteiger partial charge in [-0.25, -0.2) is 9.18 Å². The van der Waals surface area contributed by atoms with Crippen LogP contribution in [0.15, 0.2) is 41.2 Å². The van der Waals surface area contributed by atoms with Crippen LogP contribution < -0.4 is 11.0 Å². The smallest absolute Gasteiger partial charge is 0.326 e. The third-order valence-electron chi connectivity index (χ3n) is 5.57. The minimum Gasteiger partial charge on any atom is -0.508 e. The summed E-state index contributed by atoms with van der Waals surface area (Å²) in [5.74, 6) is -0.277. The molecular formula is C21H24FN3O3. The fraction of sp³-hybridized carbons (Fsp3) is 0.381. The number of nitrogens with one attached hydrogen (secondary N) is 2. The van der Waals surface area contributed by atoms with E-state index in [2.05, 4.69) is 10.3 Å². The standard InChI is InChI=1S/C21H24FN3O3/c1-12(5-6-13-11-14(22)7-8-18(13)26)23-17-9-10-25-19-15(20(17)27)3-2-4-16(19)24-21(25)28/h2-4,7-8,11-12,17,20,23,26-27H,5-6,9-10H2,1H3,(H,24,28)/t12?,17-,20-/m1/s1. The van der Waals surface area contributed by atoms with E-state index >= 15 is 0 Å². The lowest BCUT2D eigenvalue weighted by Crippen LogP contribution is -2.41. The first-order chi connectivity index (χ1) is 13.4. The summed E-state index contributed by atoms with van der Waals surface area (Å²) in [6.07, 6.45) is 1.07. The number of halogens is 1. The molecule has 148 valence electrons. The quantitative estimate of drug-likeness (QED) is 0.543. The average molecular weight is 385 g/mol. The van der Waals surface area contributed by atoms with Gasteiger partial charge in [0.1, 0.15) is 11.6 Å². The highest BCUT2D eigenvalue weighted by molar-refractivity contribution is 5.79. The molecule has 2 aromatic carbocycles. The lowest BCUT2D eigenvalue weighted by Gasteiger charge is -2.26. The van der Waals surface area contributed by atoms with Gasteiger partial charge in [-0.3, -0.25) is 4.57 Å². The Kier molecular flexibility index (Phi) is 4.95. The number of aliphatic hydroxyl groups is 1. The fourth-order valence-corrected chi connectivity index (χ4v) is 4.09. The summed E-state index contributed by atoms with van der Waals surface area (Å²) in [6, 6.07) is 9.31. The number of hydrogen-bond donors (Lipinski definition) is 4. The minimum atomic E-state index is -0.738. The predicted octanol–water partition coefficient (Wildman–Crippen LogP) is 2.59. The maximum absolute atomic E-state index is 13.4. The number of para-hydroxylation sites is 1. The molecule has 0 saturated carbocycles. The number of phenolic OH excluding ortho intramolecular Hbond substituents is 1. The number of aryl methyl sites for hydroxylation is 2. The molecule has 0 aliphatic carbocycles. The van der Waals surface area contributed by atoms with Crippen LogP contribution in [0.1, 0.15) is 37.0 Å². The molecule has 0 fully saturated rings. The number of nitrogens with zero attached hydrogens (tertiary/aromatic N) is 1. The monoisotopic (exact) mass is 385 g/mol. The number of aromatic amines is 1. The normalized spacial score (nSPS) is 20.2. The number of aliphatic hydroxyl groups excluding tert-OH is 1. The van der Waals surface area contributed by atoms with Crippen LogP contribution in [0.4, 0.5) is 4.39 Å². The molecule has 1 aliphatic rings. The average Bonchev–Trinajstić information content (AvgIpc) is 2.92. The molecular weight excluding hydrogens is 361 g/mol. The van der Waals surface area contributed by atoms with Crippen LogP contribution >= 0.6 is 0 Å². The molecule has 1 aromatic heterocycles.